The van der Waals surface area contributed by atoms with E-state index in [1.54, 1.807) is 32.0 Å². The Kier molecular flexibility index (Phi) is 7.05. The molecule has 0 heterocycles. The lowest BCUT2D eigenvalue weighted by molar-refractivity contribution is -0.117. The van der Waals surface area contributed by atoms with Gasteiger partial charge in [0.1, 0.15) is 5.70 Å². The molecule has 0 aliphatic carbocycles. The summed E-state index contributed by atoms with van der Waals surface area (Å²) in [7, 11) is 0. The predicted molar refractivity (Wildman–Crippen MR) is 86.0 cm³/mol. The number of carbonyl (C=O) groups excluding carboxylic acids is 1. The molecule has 0 fully saturated rings. The second kappa shape index (κ2) is 8.77. The fourth-order valence-electron chi connectivity index (χ4n) is 1.87. The van der Waals surface area contributed by atoms with Crippen LogP contribution in [-0.4, -0.2) is 18.6 Å². The Morgan fingerprint density at radius 1 is 1.33 bits per heavy atom. The zero-order chi connectivity index (χ0) is 18.2. The van der Waals surface area contributed by atoms with E-state index in [1.807, 2.05) is 6.07 Å². The number of nitrogens with one attached hydrogen (secondary N) is 2. The Hall–Kier alpha value is -2.75. The Bertz CT molecular complexity index is 685. The number of allylic oxidation sites excluding steroid dienone is 3. The van der Waals surface area contributed by atoms with Crippen molar-refractivity contribution in [2.45, 2.75) is 26.4 Å². The predicted octanol–water partition coefficient (Wildman–Crippen LogP) is 3.89. The first-order chi connectivity index (χ1) is 11.3. The van der Waals surface area contributed by atoms with Gasteiger partial charge in [-0.15, -0.1) is 0 Å². The monoisotopic (exact) mass is 337 g/mol. The average Bonchev–Trinajstić information content (AvgIpc) is 2.53. The van der Waals surface area contributed by atoms with Gasteiger partial charge < -0.3 is 10.6 Å². The molecule has 7 heteroatoms. The van der Waals surface area contributed by atoms with Crippen LogP contribution in [0.25, 0.3) is 0 Å². The molecule has 4 nitrogen and oxygen atoms in total. The first-order valence-corrected chi connectivity index (χ1v) is 7.36. The normalized spacial score (nSPS) is 12.5. The summed E-state index contributed by atoms with van der Waals surface area (Å²) >= 11 is 0. The Morgan fingerprint density at radius 2 is 2.04 bits per heavy atom. The third-order valence-electron chi connectivity index (χ3n) is 2.90. The van der Waals surface area contributed by atoms with E-state index >= 15 is 0 Å². The van der Waals surface area contributed by atoms with Crippen molar-refractivity contribution >= 4 is 11.6 Å². The first kappa shape index (κ1) is 19.3. The van der Waals surface area contributed by atoms with Gasteiger partial charge in [0.15, 0.2) is 0 Å². The molecule has 0 atom stereocenters. The molecule has 0 saturated carbocycles. The van der Waals surface area contributed by atoms with E-state index in [0.717, 1.165) is 12.2 Å². The van der Waals surface area contributed by atoms with Crippen LogP contribution >= 0.6 is 0 Å². The second-order valence-electron chi connectivity index (χ2n) is 4.80. The van der Waals surface area contributed by atoms with Crippen LogP contribution in [0.15, 0.2) is 47.7 Å². The van der Waals surface area contributed by atoms with Crippen LogP contribution in [0.5, 0.6) is 0 Å². The summed E-state index contributed by atoms with van der Waals surface area (Å²) in [6.45, 7) is 3.52. The molecule has 1 aromatic carbocycles. The number of likely N-dealkylation sites (N-methyl/N-ethyl adjacent to an activating group) is 1. The summed E-state index contributed by atoms with van der Waals surface area (Å²) in [5.74, 6) is -0.661. The topological polar surface area (TPSA) is 64.9 Å². The number of hydrogen-bond donors (Lipinski definition) is 2. The molecule has 1 rings (SSSR count). The standard InChI is InChI=1S/C17H18F3N3O/c1-3-6-13(17(18,19)20)10-15(16(24)22-4-2)23-14-8-5-7-12(9-14)11-21/h5-10,23H,3-4H2,1-2H3,(H,22,24)/b13-6-,15-10-. The average molecular weight is 337 g/mol. The van der Waals surface area contributed by atoms with Crippen molar-refractivity contribution in [1.29, 1.82) is 5.26 Å². The molecular formula is C17H18F3N3O. The van der Waals surface area contributed by atoms with Crippen molar-refractivity contribution in [2.75, 3.05) is 11.9 Å². The van der Waals surface area contributed by atoms with E-state index in [0.29, 0.717) is 11.3 Å². The lowest BCUT2D eigenvalue weighted by Gasteiger charge is -2.14. The smallest absolute Gasteiger partial charge is 0.351 e. The molecule has 0 bridgehead atoms. The second-order valence-corrected chi connectivity index (χ2v) is 4.80. The van der Waals surface area contributed by atoms with Crippen molar-refractivity contribution < 1.29 is 18.0 Å². The molecule has 0 saturated heterocycles. The molecular weight excluding hydrogens is 319 g/mol. The number of benzene rings is 1. The van der Waals surface area contributed by atoms with Crippen LogP contribution in [-0.2, 0) is 4.79 Å². The van der Waals surface area contributed by atoms with Gasteiger partial charge in [0.25, 0.3) is 5.91 Å². The van der Waals surface area contributed by atoms with Gasteiger partial charge in [-0.1, -0.05) is 19.1 Å². The van der Waals surface area contributed by atoms with E-state index in [2.05, 4.69) is 10.6 Å². The summed E-state index contributed by atoms with van der Waals surface area (Å²) in [5, 5.41) is 14.0. The minimum atomic E-state index is -4.57. The molecule has 0 unspecified atom stereocenters. The third kappa shape index (κ3) is 5.80. The minimum Gasteiger partial charge on any atom is -0.351 e. The summed E-state index contributed by atoms with van der Waals surface area (Å²) < 4.78 is 39.2. The highest BCUT2D eigenvalue weighted by atomic mass is 19.4. The van der Waals surface area contributed by atoms with E-state index in [4.69, 9.17) is 5.26 Å². The van der Waals surface area contributed by atoms with E-state index < -0.39 is 17.7 Å². The third-order valence-corrected chi connectivity index (χ3v) is 2.90. The number of nitriles is 1. The van der Waals surface area contributed by atoms with Crippen LogP contribution in [0.4, 0.5) is 18.9 Å². The van der Waals surface area contributed by atoms with Gasteiger partial charge in [-0.25, -0.2) is 0 Å². The summed E-state index contributed by atoms with van der Waals surface area (Å²) in [6.07, 6.45) is -2.61. The summed E-state index contributed by atoms with van der Waals surface area (Å²) in [4.78, 5) is 12.1. The van der Waals surface area contributed by atoms with Gasteiger partial charge in [-0.05, 0) is 37.6 Å². The quantitative estimate of drug-likeness (QED) is 0.611. The van der Waals surface area contributed by atoms with Crippen LogP contribution < -0.4 is 10.6 Å². The Balaban J connectivity index is 3.25. The summed E-state index contributed by atoms with van der Waals surface area (Å²) in [6, 6.07) is 8.06. The number of carbonyl (C=O) groups is 1. The lowest BCUT2D eigenvalue weighted by Crippen LogP contribution is -2.28. The Morgan fingerprint density at radius 3 is 2.58 bits per heavy atom. The maximum absolute atomic E-state index is 13.1. The van der Waals surface area contributed by atoms with Gasteiger partial charge in [0, 0.05) is 12.2 Å². The molecule has 0 aliphatic rings. The molecule has 2 N–H and O–H groups in total. The molecule has 0 spiro atoms. The number of halogens is 3. The van der Waals surface area contributed by atoms with Gasteiger partial charge in [-0.3, -0.25) is 4.79 Å². The highest BCUT2D eigenvalue weighted by Crippen LogP contribution is 2.28. The van der Waals surface area contributed by atoms with Gasteiger partial charge >= 0.3 is 6.18 Å². The molecule has 1 aromatic rings. The number of alkyl halides is 3. The van der Waals surface area contributed by atoms with Gasteiger partial charge in [0.05, 0.1) is 17.2 Å². The Labute approximate surface area is 138 Å². The maximum Gasteiger partial charge on any atom is 0.416 e. The number of amides is 1. The van der Waals surface area contributed by atoms with Crippen molar-refractivity contribution in [3.8, 4) is 6.07 Å². The first-order valence-electron chi connectivity index (χ1n) is 7.36. The maximum atomic E-state index is 13.1. The van der Waals surface area contributed by atoms with Crippen molar-refractivity contribution in [3.05, 3.63) is 53.3 Å². The van der Waals surface area contributed by atoms with Gasteiger partial charge in [0.2, 0.25) is 0 Å². The van der Waals surface area contributed by atoms with Crippen molar-refractivity contribution in [3.63, 3.8) is 0 Å². The van der Waals surface area contributed by atoms with Crippen LogP contribution in [0.1, 0.15) is 25.8 Å². The number of rotatable bonds is 6. The van der Waals surface area contributed by atoms with Crippen molar-refractivity contribution in [1.82, 2.24) is 5.32 Å². The fourth-order valence-corrected chi connectivity index (χ4v) is 1.87. The van der Waals surface area contributed by atoms with E-state index in [1.165, 1.54) is 6.07 Å². The molecule has 0 aliphatic heterocycles. The van der Waals surface area contributed by atoms with Gasteiger partial charge in [-0.2, -0.15) is 18.4 Å². The SMILES string of the molecule is CC/C=C(/C=C(\Nc1cccc(C#N)c1)C(=O)NCC)C(F)(F)F. The highest BCUT2D eigenvalue weighted by molar-refractivity contribution is 5.96. The van der Waals surface area contributed by atoms with Crippen LogP contribution in [0.3, 0.4) is 0 Å². The minimum absolute atomic E-state index is 0.179. The summed E-state index contributed by atoms with van der Waals surface area (Å²) in [5.41, 5.74) is -0.473. The molecule has 0 aromatic heterocycles. The fraction of sp³-hybridized carbons (Fsp3) is 0.294. The lowest BCUT2D eigenvalue weighted by atomic mass is 10.1. The molecule has 0 radical (unpaired) electrons. The number of anilines is 1. The zero-order valence-corrected chi connectivity index (χ0v) is 13.4. The van der Waals surface area contributed by atoms with Crippen LogP contribution in [0, 0.1) is 11.3 Å². The zero-order valence-electron chi connectivity index (χ0n) is 13.4. The highest BCUT2D eigenvalue weighted by Gasteiger charge is 2.32. The van der Waals surface area contributed by atoms with E-state index in [-0.39, 0.29) is 18.7 Å². The molecule has 24 heavy (non-hydrogen) atoms. The van der Waals surface area contributed by atoms with Crippen LogP contribution in [0.2, 0.25) is 0 Å². The number of nitrogens with zero attached hydrogens (tertiary/aromatic N) is 1. The largest absolute Gasteiger partial charge is 0.416 e. The van der Waals surface area contributed by atoms with E-state index in [9.17, 15) is 18.0 Å². The van der Waals surface area contributed by atoms with Crippen molar-refractivity contribution in [2.24, 2.45) is 0 Å². The molecule has 128 valence electrons. The molecule has 1 amide bonds. The number of hydrogen-bond acceptors (Lipinski definition) is 3.